The van der Waals surface area contributed by atoms with Gasteiger partial charge in [0.15, 0.2) is 0 Å². The van der Waals surface area contributed by atoms with E-state index in [-0.39, 0.29) is 17.4 Å². The van der Waals surface area contributed by atoms with Gasteiger partial charge in [-0.3, -0.25) is 9.59 Å². The Bertz CT molecular complexity index is 1070. The third-order valence-corrected chi connectivity index (χ3v) is 6.10. The largest absolute Gasteiger partial charge is 0.480 e. The number of carbonyl (C=O) groups is 3. The Kier molecular flexibility index (Phi) is 6.24. The molecule has 0 aliphatic heterocycles. The normalized spacial score (nSPS) is 15.7. The van der Waals surface area contributed by atoms with Crippen LogP contribution in [0.15, 0.2) is 48.5 Å². The van der Waals surface area contributed by atoms with E-state index in [4.69, 9.17) is 9.84 Å². The predicted octanol–water partition coefficient (Wildman–Crippen LogP) is 3.92. The fourth-order valence-electron chi connectivity index (χ4n) is 4.36. The maximum absolute atomic E-state index is 12.8. The number of ether oxygens (including phenoxy) is 1. The quantitative estimate of drug-likeness (QED) is 0.602. The summed E-state index contributed by atoms with van der Waals surface area (Å²) in [6, 6.07) is 15.6. The summed E-state index contributed by atoms with van der Waals surface area (Å²) in [4.78, 5) is 36.0. The Hall–Kier alpha value is -3.56. The van der Waals surface area contributed by atoms with Crippen molar-refractivity contribution < 1.29 is 37.4 Å². The average molecular weight is 476 g/mol. The monoisotopic (exact) mass is 476 g/mol. The van der Waals surface area contributed by atoms with Gasteiger partial charge in [-0.1, -0.05) is 48.5 Å². The number of hydrogen-bond acceptors (Lipinski definition) is 4. The van der Waals surface area contributed by atoms with Gasteiger partial charge in [0, 0.05) is 5.92 Å². The molecular formula is C24H23F3N2O5. The van der Waals surface area contributed by atoms with Gasteiger partial charge in [-0.2, -0.15) is 13.2 Å². The first-order chi connectivity index (χ1) is 16.1. The second-order valence-corrected chi connectivity index (χ2v) is 8.67. The molecule has 2 aromatic rings. The molecule has 1 saturated carbocycles. The van der Waals surface area contributed by atoms with Crippen molar-refractivity contribution in [1.82, 2.24) is 10.2 Å². The van der Waals surface area contributed by atoms with Crippen LogP contribution in [0.3, 0.4) is 0 Å². The lowest BCUT2D eigenvalue weighted by Gasteiger charge is -2.25. The Morgan fingerprint density at radius 2 is 1.59 bits per heavy atom. The minimum atomic E-state index is -4.73. The number of aliphatic carboxylic acids is 1. The minimum Gasteiger partial charge on any atom is -0.480 e. The molecule has 180 valence electrons. The highest BCUT2D eigenvalue weighted by molar-refractivity contribution is 5.83. The van der Waals surface area contributed by atoms with E-state index in [1.807, 2.05) is 48.5 Å². The summed E-state index contributed by atoms with van der Waals surface area (Å²) in [5.74, 6) is -2.70. The highest BCUT2D eigenvalue weighted by Crippen LogP contribution is 2.45. The van der Waals surface area contributed by atoms with E-state index in [2.05, 4.69) is 5.32 Å². The molecule has 2 N–H and O–H groups in total. The van der Waals surface area contributed by atoms with Gasteiger partial charge in [0.2, 0.25) is 5.91 Å². The maximum atomic E-state index is 12.8. The smallest absolute Gasteiger partial charge is 0.407 e. The Balaban J connectivity index is 1.37. The molecule has 2 aliphatic carbocycles. The van der Waals surface area contributed by atoms with E-state index in [1.54, 1.807) is 0 Å². The molecule has 2 aromatic carbocycles. The molecule has 2 amide bonds. The zero-order chi connectivity index (χ0) is 24.5. The van der Waals surface area contributed by atoms with E-state index in [0.29, 0.717) is 12.8 Å². The summed E-state index contributed by atoms with van der Waals surface area (Å²) in [5, 5.41) is 11.5. The van der Waals surface area contributed by atoms with Crippen LogP contribution in [0.2, 0.25) is 0 Å². The first-order valence-corrected chi connectivity index (χ1v) is 10.8. The number of alkyl carbamates (subject to hydrolysis) is 1. The Labute approximate surface area is 193 Å². The Morgan fingerprint density at radius 1 is 1.03 bits per heavy atom. The van der Waals surface area contributed by atoms with Gasteiger partial charge in [0.25, 0.3) is 0 Å². The molecule has 0 heterocycles. The van der Waals surface area contributed by atoms with E-state index < -0.39 is 49.2 Å². The van der Waals surface area contributed by atoms with Crippen molar-refractivity contribution in [2.45, 2.75) is 36.9 Å². The first-order valence-electron chi connectivity index (χ1n) is 10.8. The van der Waals surface area contributed by atoms with Crippen molar-refractivity contribution in [2.24, 2.45) is 0 Å². The van der Waals surface area contributed by atoms with E-state index >= 15 is 0 Å². The van der Waals surface area contributed by atoms with Gasteiger partial charge in [0.05, 0.1) is 12.0 Å². The van der Waals surface area contributed by atoms with Crippen molar-refractivity contribution in [3.05, 3.63) is 59.7 Å². The fourth-order valence-corrected chi connectivity index (χ4v) is 4.36. The molecule has 0 radical (unpaired) electrons. The number of nitrogens with zero attached hydrogens (tertiary/aromatic N) is 1. The van der Waals surface area contributed by atoms with Crippen LogP contribution in [0.25, 0.3) is 11.1 Å². The van der Waals surface area contributed by atoms with Gasteiger partial charge in [-0.15, -0.1) is 0 Å². The molecule has 10 heteroatoms. The lowest BCUT2D eigenvalue weighted by atomic mass is 9.98. The molecule has 2 aliphatic rings. The number of rotatable bonds is 8. The SMILES string of the molecule is O=C(O)CN(CC(F)(F)F)C(=O)CC1(NC(=O)OCC2c3ccccc3-c3ccccc32)CC1. The molecule has 7 nitrogen and oxygen atoms in total. The van der Waals surface area contributed by atoms with E-state index in [9.17, 15) is 27.6 Å². The number of halogens is 3. The van der Waals surface area contributed by atoms with E-state index in [1.165, 1.54) is 0 Å². The van der Waals surface area contributed by atoms with Gasteiger partial charge in [0.1, 0.15) is 19.7 Å². The number of amides is 2. The van der Waals surface area contributed by atoms with Gasteiger partial charge in [-0.25, -0.2) is 4.79 Å². The van der Waals surface area contributed by atoms with Crippen molar-refractivity contribution >= 4 is 18.0 Å². The number of carboxylic acids is 1. The van der Waals surface area contributed by atoms with Crippen LogP contribution in [0.4, 0.5) is 18.0 Å². The molecule has 0 bridgehead atoms. The van der Waals surface area contributed by atoms with Crippen LogP contribution < -0.4 is 5.32 Å². The highest BCUT2D eigenvalue weighted by atomic mass is 19.4. The molecule has 0 aromatic heterocycles. The summed E-state index contributed by atoms with van der Waals surface area (Å²) in [6.07, 6.45) is -5.17. The highest BCUT2D eigenvalue weighted by Gasteiger charge is 2.48. The number of fused-ring (bicyclic) bond motifs is 3. The molecule has 0 atom stereocenters. The standard InChI is InChI=1S/C24H23F3N2O5/c25-24(26,27)14-29(12-21(31)32)20(30)11-23(9-10-23)28-22(33)34-13-19-17-7-3-1-5-15(17)16-6-2-4-8-18(16)19/h1-8,19H,9-14H2,(H,28,33)(H,31,32). The molecule has 34 heavy (non-hydrogen) atoms. The Morgan fingerprint density at radius 3 is 2.09 bits per heavy atom. The topological polar surface area (TPSA) is 95.9 Å². The van der Waals surface area contributed by atoms with Crippen LogP contribution in [0.5, 0.6) is 0 Å². The zero-order valence-corrected chi connectivity index (χ0v) is 18.1. The number of hydrogen-bond donors (Lipinski definition) is 2. The number of carboxylic acid groups (broad SMARTS) is 1. The maximum Gasteiger partial charge on any atom is 0.407 e. The summed E-state index contributed by atoms with van der Waals surface area (Å²) in [7, 11) is 0. The molecule has 1 fully saturated rings. The summed E-state index contributed by atoms with van der Waals surface area (Å²) >= 11 is 0. The van der Waals surface area contributed by atoms with Crippen LogP contribution >= 0.6 is 0 Å². The second kappa shape index (κ2) is 9.00. The summed E-state index contributed by atoms with van der Waals surface area (Å²) in [6.45, 7) is -2.68. The molecule has 4 rings (SSSR count). The third kappa shape index (κ3) is 5.32. The van der Waals surface area contributed by atoms with Crippen LogP contribution in [-0.2, 0) is 14.3 Å². The number of carbonyl (C=O) groups excluding carboxylic acids is 2. The van der Waals surface area contributed by atoms with Crippen molar-refractivity contribution in [3.8, 4) is 11.1 Å². The number of nitrogens with one attached hydrogen (secondary N) is 1. The number of benzene rings is 2. The third-order valence-electron chi connectivity index (χ3n) is 6.10. The average Bonchev–Trinajstić information content (AvgIpc) is 3.43. The van der Waals surface area contributed by atoms with Crippen LogP contribution in [0.1, 0.15) is 36.3 Å². The van der Waals surface area contributed by atoms with Crippen LogP contribution in [-0.4, -0.2) is 59.4 Å². The predicted molar refractivity (Wildman–Crippen MR) is 115 cm³/mol. The van der Waals surface area contributed by atoms with Gasteiger partial charge >= 0.3 is 18.2 Å². The number of alkyl halides is 3. The van der Waals surface area contributed by atoms with E-state index in [0.717, 1.165) is 22.3 Å². The fraction of sp³-hybridized carbons (Fsp3) is 0.375. The minimum absolute atomic E-state index is 0.0586. The van der Waals surface area contributed by atoms with Crippen LogP contribution in [0, 0.1) is 0 Å². The first kappa shape index (κ1) is 23.6. The second-order valence-electron chi connectivity index (χ2n) is 8.67. The lowest BCUT2D eigenvalue weighted by molar-refractivity contribution is -0.166. The van der Waals surface area contributed by atoms with Crippen molar-refractivity contribution in [1.29, 1.82) is 0 Å². The molecule has 0 unspecified atom stereocenters. The van der Waals surface area contributed by atoms with Crippen molar-refractivity contribution in [2.75, 3.05) is 19.7 Å². The molecular weight excluding hydrogens is 453 g/mol. The zero-order valence-electron chi connectivity index (χ0n) is 18.1. The molecule has 0 saturated heterocycles. The molecule has 0 spiro atoms. The lowest BCUT2D eigenvalue weighted by Crippen LogP contribution is -2.46. The van der Waals surface area contributed by atoms with Gasteiger partial charge < -0.3 is 20.1 Å². The summed E-state index contributed by atoms with van der Waals surface area (Å²) < 4.78 is 43.7. The summed E-state index contributed by atoms with van der Waals surface area (Å²) in [5.41, 5.74) is 3.18. The van der Waals surface area contributed by atoms with Crippen molar-refractivity contribution in [3.63, 3.8) is 0 Å². The van der Waals surface area contributed by atoms with Gasteiger partial charge in [-0.05, 0) is 35.1 Å².